The number of nitrogens with two attached hydrogens (primary N) is 1. The van der Waals surface area contributed by atoms with E-state index in [1.807, 2.05) is 0 Å². The van der Waals surface area contributed by atoms with Crippen molar-refractivity contribution in [3.63, 3.8) is 0 Å². The number of rotatable bonds is 1. The lowest BCUT2D eigenvalue weighted by atomic mass is 10.2. The maximum Gasteiger partial charge on any atom is 0.339 e. The molecular weight excluding hydrogens is 282 g/mol. The van der Waals surface area contributed by atoms with Crippen molar-refractivity contribution in [2.75, 3.05) is 17.2 Å². The first kappa shape index (κ1) is 12.8. The molecule has 0 spiro atoms. The minimum absolute atomic E-state index is 0.00144. The van der Waals surface area contributed by atoms with Crippen molar-refractivity contribution in [3.05, 3.63) is 17.9 Å². The predicted octanol–water partition coefficient (Wildman–Crippen LogP) is 1.90. The van der Waals surface area contributed by atoms with E-state index in [1.54, 1.807) is 0 Å². The largest absolute Gasteiger partial charge is 0.448 e. The van der Waals surface area contributed by atoms with E-state index in [1.165, 1.54) is 6.07 Å². The zero-order valence-electron chi connectivity index (χ0n) is 8.91. The molecule has 0 unspecified atom stereocenters. The van der Waals surface area contributed by atoms with Crippen LogP contribution in [0.15, 0.2) is 12.1 Å². The van der Waals surface area contributed by atoms with E-state index in [0.29, 0.717) is 0 Å². The van der Waals surface area contributed by atoms with Crippen LogP contribution in [0.3, 0.4) is 0 Å². The third kappa shape index (κ3) is 1.94. The second-order valence-electron chi connectivity index (χ2n) is 3.56. The summed E-state index contributed by atoms with van der Waals surface area (Å²) in [5.41, 5.74) is 5.52. The van der Waals surface area contributed by atoms with Gasteiger partial charge in [0, 0.05) is 6.07 Å². The number of terminal acetylenes is 1. The Kier molecular flexibility index (Phi) is 3.01. The van der Waals surface area contributed by atoms with Crippen molar-refractivity contribution in [1.82, 2.24) is 0 Å². The highest BCUT2D eigenvalue weighted by molar-refractivity contribution is 6.58. The van der Waals surface area contributed by atoms with E-state index in [0.717, 1.165) is 11.0 Å². The van der Waals surface area contributed by atoms with Crippen molar-refractivity contribution < 1.29 is 13.9 Å². The van der Waals surface area contributed by atoms with Crippen molar-refractivity contribution in [2.24, 2.45) is 0 Å². The Balaban J connectivity index is 2.60. The molecule has 1 aromatic carbocycles. The van der Waals surface area contributed by atoms with Gasteiger partial charge in [0.25, 0.3) is 0 Å². The third-order valence-corrected chi connectivity index (χ3v) is 2.83. The van der Waals surface area contributed by atoms with E-state index in [2.05, 4.69) is 5.92 Å². The lowest BCUT2D eigenvalue weighted by Crippen LogP contribution is -2.49. The van der Waals surface area contributed by atoms with Crippen LogP contribution >= 0.6 is 23.2 Å². The lowest BCUT2D eigenvalue weighted by Gasteiger charge is -2.34. The molecule has 1 amide bonds. The lowest BCUT2D eigenvalue weighted by molar-refractivity contribution is -0.124. The summed E-state index contributed by atoms with van der Waals surface area (Å²) >= 11 is 11.4. The SMILES string of the molecule is C#CCN1C(=O)C(Cl)(Cl)Oc2cc(F)c(N)cc21. The highest BCUT2D eigenvalue weighted by atomic mass is 35.5. The molecule has 0 aromatic heterocycles. The summed E-state index contributed by atoms with van der Waals surface area (Å²) in [5.74, 6) is 0.831. The molecule has 18 heavy (non-hydrogen) atoms. The second-order valence-corrected chi connectivity index (χ2v) is 4.81. The van der Waals surface area contributed by atoms with Gasteiger partial charge in [-0.1, -0.05) is 5.92 Å². The normalized spacial score (nSPS) is 16.8. The van der Waals surface area contributed by atoms with E-state index < -0.39 is 16.2 Å². The summed E-state index contributed by atoms with van der Waals surface area (Å²) < 4.78 is 16.2. The predicted molar refractivity (Wildman–Crippen MR) is 67.1 cm³/mol. The number of nitrogen functional groups attached to an aromatic ring is 1. The first-order valence-corrected chi connectivity index (χ1v) is 5.53. The minimum atomic E-state index is -2.13. The summed E-state index contributed by atoms with van der Waals surface area (Å²) in [6.07, 6.45) is 5.16. The molecule has 1 aliphatic rings. The monoisotopic (exact) mass is 288 g/mol. The van der Waals surface area contributed by atoms with Gasteiger partial charge in [-0.15, -0.1) is 6.42 Å². The maximum atomic E-state index is 13.3. The van der Waals surface area contributed by atoms with E-state index >= 15 is 0 Å². The quantitative estimate of drug-likeness (QED) is 0.488. The van der Waals surface area contributed by atoms with Crippen LogP contribution in [-0.2, 0) is 4.79 Å². The van der Waals surface area contributed by atoms with Crippen LogP contribution in [0.4, 0.5) is 15.8 Å². The molecule has 0 fully saturated rings. The van der Waals surface area contributed by atoms with E-state index in [4.69, 9.17) is 40.1 Å². The number of ether oxygens (including phenoxy) is 1. The molecule has 2 rings (SSSR count). The Labute approximate surface area is 112 Å². The van der Waals surface area contributed by atoms with Crippen molar-refractivity contribution in [3.8, 4) is 18.1 Å². The molecule has 0 saturated carbocycles. The van der Waals surface area contributed by atoms with Crippen LogP contribution in [0.25, 0.3) is 0 Å². The number of nitrogens with zero attached hydrogens (tertiary/aromatic N) is 1. The van der Waals surface area contributed by atoms with Gasteiger partial charge in [0.15, 0.2) is 5.75 Å². The molecule has 94 valence electrons. The molecule has 2 N–H and O–H groups in total. The fourth-order valence-corrected chi connectivity index (χ4v) is 1.92. The number of alkyl halides is 2. The number of carbonyl (C=O) groups excluding carboxylic acids is 1. The number of hydrogen-bond acceptors (Lipinski definition) is 3. The fourth-order valence-electron chi connectivity index (χ4n) is 1.55. The number of halogens is 3. The van der Waals surface area contributed by atoms with Gasteiger partial charge >= 0.3 is 10.4 Å². The molecular formula is C11H7Cl2FN2O2. The first-order valence-electron chi connectivity index (χ1n) is 4.78. The summed E-state index contributed by atoms with van der Waals surface area (Å²) in [4.78, 5) is 13.0. The van der Waals surface area contributed by atoms with Crippen molar-refractivity contribution in [2.45, 2.75) is 4.52 Å². The summed E-state index contributed by atoms with van der Waals surface area (Å²) in [6, 6.07) is 2.24. The molecule has 0 aliphatic carbocycles. The Bertz CT molecular complexity index is 569. The number of anilines is 2. The highest BCUT2D eigenvalue weighted by Crippen LogP contribution is 2.43. The zero-order chi connectivity index (χ0) is 13.5. The van der Waals surface area contributed by atoms with Gasteiger partial charge in [0.1, 0.15) is 5.82 Å². The molecule has 0 saturated heterocycles. The van der Waals surface area contributed by atoms with Gasteiger partial charge in [-0.05, 0) is 29.3 Å². The maximum absolute atomic E-state index is 13.3. The number of hydrogen-bond donors (Lipinski definition) is 1. The average Bonchev–Trinajstić information content (AvgIpc) is 2.28. The summed E-state index contributed by atoms with van der Waals surface area (Å²) in [7, 11) is 0. The van der Waals surface area contributed by atoms with Gasteiger partial charge in [-0.25, -0.2) is 4.39 Å². The van der Waals surface area contributed by atoms with Gasteiger partial charge in [-0.3, -0.25) is 9.69 Å². The molecule has 7 heteroatoms. The van der Waals surface area contributed by atoms with Crippen LogP contribution < -0.4 is 15.4 Å². The van der Waals surface area contributed by atoms with Crippen LogP contribution in [0, 0.1) is 18.2 Å². The van der Waals surface area contributed by atoms with Crippen LogP contribution in [0.2, 0.25) is 0 Å². The van der Waals surface area contributed by atoms with E-state index in [9.17, 15) is 9.18 Å². The molecule has 0 bridgehead atoms. The summed E-state index contributed by atoms with van der Waals surface area (Å²) in [6.45, 7) is -0.0819. The Hall–Kier alpha value is -1.64. The smallest absolute Gasteiger partial charge is 0.339 e. The second kappa shape index (κ2) is 4.23. The van der Waals surface area contributed by atoms with Crippen LogP contribution in [0.1, 0.15) is 0 Å². The third-order valence-electron chi connectivity index (χ3n) is 2.35. The van der Waals surface area contributed by atoms with Crippen molar-refractivity contribution in [1.29, 1.82) is 0 Å². The first-order chi connectivity index (χ1) is 8.36. The zero-order valence-corrected chi connectivity index (χ0v) is 10.4. The average molecular weight is 289 g/mol. The minimum Gasteiger partial charge on any atom is -0.448 e. The Morgan fingerprint density at radius 3 is 2.83 bits per heavy atom. The highest BCUT2D eigenvalue weighted by Gasteiger charge is 2.46. The molecule has 1 aliphatic heterocycles. The number of benzene rings is 1. The number of fused-ring (bicyclic) bond motifs is 1. The van der Waals surface area contributed by atoms with Crippen LogP contribution in [-0.4, -0.2) is 17.0 Å². The summed E-state index contributed by atoms with van der Waals surface area (Å²) in [5, 5.41) is 0. The topological polar surface area (TPSA) is 55.6 Å². The van der Waals surface area contributed by atoms with Crippen LogP contribution in [0.5, 0.6) is 5.75 Å². The standard InChI is InChI=1S/C11H7Cl2FN2O2/c1-2-3-16-8-5-7(15)6(14)4-9(8)18-11(12,13)10(16)17/h1,4-5H,3,15H2. The molecule has 4 nitrogen and oxygen atoms in total. The fraction of sp³-hybridized carbons (Fsp3) is 0.182. The van der Waals surface area contributed by atoms with E-state index in [-0.39, 0.29) is 23.7 Å². The van der Waals surface area contributed by atoms with Gasteiger partial charge < -0.3 is 10.5 Å². The van der Waals surface area contributed by atoms with Gasteiger partial charge in [0.05, 0.1) is 17.9 Å². The molecule has 0 atom stereocenters. The van der Waals surface area contributed by atoms with Gasteiger partial charge in [0.2, 0.25) is 0 Å². The Morgan fingerprint density at radius 1 is 1.56 bits per heavy atom. The molecule has 1 heterocycles. The number of carbonyl (C=O) groups is 1. The molecule has 0 radical (unpaired) electrons. The van der Waals surface area contributed by atoms with Crippen molar-refractivity contribution >= 4 is 40.5 Å². The molecule has 1 aromatic rings. The number of amides is 1. The Morgan fingerprint density at radius 2 is 2.22 bits per heavy atom. The van der Waals surface area contributed by atoms with Gasteiger partial charge in [-0.2, -0.15) is 0 Å².